The average Bonchev–Trinajstić information content (AvgIpc) is 2.98. The van der Waals surface area contributed by atoms with Gasteiger partial charge in [0, 0.05) is 68.6 Å². The Hall–Kier alpha value is -4.11. The second kappa shape index (κ2) is 12.6. The zero-order valence-electron chi connectivity index (χ0n) is 23.5. The van der Waals surface area contributed by atoms with Crippen LogP contribution >= 0.6 is 0 Å². The number of carbonyl (C=O) groups is 1. The molecule has 3 heterocycles. The number of rotatable bonds is 12. The van der Waals surface area contributed by atoms with Crippen LogP contribution in [0.3, 0.4) is 0 Å². The summed E-state index contributed by atoms with van der Waals surface area (Å²) in [6.45, 7) is 6.84. The van der Waals surface area contributed by atoms with Gasteiger partial charge in [0.15, 0.2) is 0 Å². The molecule has 0 bridgehead atoms. The first-order valence-corrected chi connectivity index (χ1v) is 13.4. The maximum atomic E-state index is 12.5. The molecular weight excluding hydrogens is 488 g/mol. The van der Waals surface area contributed by atoms with Gasteiger partial charge in [-0.3, -0.25) is 9.78 Å². The van der Waals surface area contributed by atoms with E-state index in [4.69, 9.17) is 4.98 Å². The number of amides is 1. The van der Waals surface area contributed by atoms with E-state index in [0.717, 1.165) is 65.3 Å². The van der Waals surface area contributed by atoms with E-state index < -0.39 is 0 Å². The number of benzene rings is 1. The number of para-hydroxylation sites is 1. The summed E-state index contributed by atoms with van der Waals surface area (Å²) in [5.41, 5.74) is 4.09. The number of fused-ring (bicyclic) bond motifs is 1. The van der Waals surface area contributed by atoms with Crippen molar-refractivity contribution in [3.05, 3.63) is 72.3 Å². The highest BCUT2D eigenvalue weighted by molar-refractivity contribution is 6.06. The van der Waals surface area contributed by atoms with Gasteiger partial charge in [-0.1, -0.05) is 38.5 Å². The van der Waals surface area contributed by atoms with Crippen LogP contribution in [0.2, 0.25) is 0 Å². The third kappa shape index (κ3) is 6.31. The zero-order valence-corrected chi connectivity index (χ0v) is 23.5. The van der Waals surface area contributed by atoms with Gasteiger partial charge in [-0.25, -0.2) is 15.0 Å². The number of nitrogens with one attached hydrogen (secondary N) is 3. The number of aromatic nitrogens is 4. The molecule has 3 N–H and O–H groups in total. The molecule has 0 radical (unpaired) electrons. The molecule has 0 fully saturated rings. The van der Waals surface area contributed by atoms with E-state index in [0.29, 0.717) is 12.1 Å². The van der Waals surface area contributed by atoms with Crippen LogP contribution in [0.1, 0.15) is 42.6 Å². The van der Waals surface area contributed by atoms with Crippen molar-refractivity contribution in [1.29, 1.82) is 0 Å². The van der Waals surface area contributed by atoms with E-state index in [-0.39, 0.29) is 11.3 Å². The maximum Gasteiger partial charge on any atom is 0.251 e. The number of carbonyl (C=O) groups excluding carboxylic acids is 1. The second-order valence-corrected chi connectivity index (χ2v) is 10.0. The van der Waals surface area contributed by atoms with Gasteiger partial charge in [0.25, 0.3) is 5.91 Å². The van der Waals surface area contributed by atoms with E-state index in [1.54, 1.807) is 25.6 Å². The summed E-state index contributed by atoms with van der Waals surface area (Å²) in [7, 11) is 5.62. The molecule has 0 saturated carbocycles. The summed E-state index contributed by atoms with van der Waals surface area (Å²) in [5, 5.41) is 10.3. The minimum absolute atomic E-state index is 0.115. The molecule has 4 aromatic rings. The maximum absolute atomic E-state index is 12.5. The van der Waals surface area contributed by atoms with E-state index >= 15 is 0 Å². The third-order valence-electron chi connectivity index (χ3n) is 7.15. The number of hydrogen-bond acceptors (Lipinski definition) is 8. The molecule has 9 nitrogen and oxygen atoms in total. The van der Waals surface area contributed by atoms with Crippen LogP contribution in [-0.2, 0) is 5.41 Å². The van der Waals surface area contributed by atoms with Gasteiger partial charge in [0.05, 0.1) is 16.8 Å². The van der Waals surface area contributed by atoms with Crippen molar-refractivity contribution in [3.63, 3.8) is 0 Å². The van der Waals surface area contributed by atoms with Gasteiger partial charge in [-0.15, -0.1) is 0 Å². The van der Waals surface area contributed by atoms with Crippen LogP contribution in [0.5, 0.6) is 0 Å². The van der Waals surface area contributed by atoms with E-state index in [1.165, 1.54) is 0 Å². The SMILES string of the molecule is CCCC(C)(CNc1cc(-c2ccc(N(C)CCNC)nc2)ncn1)c1cccc2c(C(=O)NC)ccnc12. The molecule has 1 atom stereocenters. The Morgan fingerprint density at radius 1 is 1.05 bits per heavy atom. The van der Waals surface area contributed by atoms with Crippen LogP contribution in [0.25, 0.3) is 22.2 Å². The fraction of sp³-hybridized carbons (Fsp3) is 0.367. The summed E-state index contributed by atoms with van der Waals surface area (Å²) < 4.78 is 0. The molecule has 0 aliphatic heterocycles. The average molecular weight is 527 g/mol. The van der Waals surface area contributed by atoms with Crippen LogP contribution < -0.4 is 20.9 Å². The molecule has 1 amide bonds. The highest BCUT2D eigenvalue weighted by Gasteiger charge is 2.29. The lowest BCUT2D eigenvalue weighted by Gasteiger charge is -2.31. The number of hydrogen-bond donors (Lipinski definition) is 3. The molecule has 0 spiro atoms. The van der Waals surface area contributed by atoms with Gasteiger partial charge >= 0.3 is 0 Å². The predicted molar refractivity (Wildman–Crippen MR) is 158 cm³/mol. The predicted octanol–water partition coefficient (Wildman–Crippen LogP) is 4.27. The van der Waals surface area contributed by atoms with Crippen LogP contribution in [0, 0.1) is 0 Å². The van der Waals surface area contributed by atoms with Gasteiger partial charge < -0.3 is 20.9 Å². The van der Waals surface area contributed by atoms with Gasteiger partial charge in [0.1, 0.15) is 18.0 Å². The minimum Gasteiger partial charge on any atom is -0.369 e. The van der Waals surface area contributed by atoms with Crippen molar-refractivity contribution in [1.82, 2.24) is 30.6 Å². The molecule has 1 aromatic carbocycles. The van der Waals surface area contributed by atoms with Crippen LogP contribution in [0.4, 0.5) is 11.6 Å². The molecular formula is C30H38N8O. The zero-order chi connectivity index (χ0) is 27.8. The van der Waals surface area contributed by atoms with Crippen molar-refractivity contribution in [3.8, 4) is 11.3 Å². The first kappa shape index (κ1) is 27.9. The van der Waals surface area contributed by atoms with Gasteiger partial charge in [-0.05, 0) is 37.2 Å². The molecule has 0 saturated heterocycles. The topological polar surface area (TPSA) is 108 Å². The van der Waals surface area contributed by atoms with Crippen molar-refractivity contribution in [2.45, 2.75) is 32.1 Å². The molecule has 0 aliphatic carbocycles. The van der Waals surface area contributed by atoms with Crippen LogP contribution in [-0.4, -0.2) is 66.6 Å². The first-order chi connectivity index (χ1) is 18.9. The van der Waals surface area contributed by atoms with Gasteiger partial charge in [-0.2, -0.15) is 0 Å². The Kier molecular flexibility index (Phi) is 9.03. The van der Waals surface area contributed by atoms with Crippen LogP contribution in [0.15, 0.2) is 61.2 Å². The highest BCUT2D eigenvalue weighted by atomic mass is 16.1. The number of likely N-dealkylation sites (N-methyl/N-ethyl adjacent to an activating group) is 2. The Balaban J connectivity index is 1.57. The highest BCUT2D eigenvalue weighted by Crippen LogP contribution is 2.35. The number of pyridine rings is 2. The molecule has 9 heteroatoms. The molecule has 0 aliphatic rings. The Morgan fingerprint density at radius 3 is 2.62 bits per heavy atom. The summed E-state index contributed by atoms with van der Waals surface area (Å²) in [6, 6.07) is 13.9. The molecule has 1 unspecified atom stereocenters. The summed E-state index contributed by atoms with van der Waals surface area (Å²) in [5.74, 6) is 1.55. The smallest absolute Gasteiger partial charge is 0.251 e. The standard InChI is InChI=1S/C30H38N8O/c1-6-13-30(2,24-9-7-8-22-23(29(39)32-4)12-14-33-28(22)24)19-35-26-17-25(36-20-37-26)21-10-11-27(34-18-21)38(5)16-15-31-3/h7-12,14,17-18,20,31H,6,13,15-16,19H2,1-5H3,(H,32,39)(H,35,36,37). The van der Waals surface area contributed by atoms with Crippen molar-refractivity contribution >= 4 is 28.4 Å². The number of nitrogens with zero attached hydrogens (tertiary/aromatic N) is 5. The number of anilines is 2. The van der Waals surface area contributed by atoms with Crippen molar-refractivity contribution in [2.75, 3.05) is 51.0 Å². The van der Waals surface area contributed by atoms with E-state index in [9.17, 15) is 4.79 Å². The third-order valence-corrected chi connectivity index (χ3v) is 7.15. The largest absolute Gasteiger partial charge is 0.369 e. The molecule has 204 valence electrons. The fourth-order valence-corrected chi connectivity index (χ4v) is 4.92. The lowest BCUT2D eigenvalue weighted by Crippen LogP contribution is -2.32. The lowest BCUT2D eigenvalue weighted by atomic mass is 9.77. The molecule has 3 aromatic heterocycles. The Labute approximate surface area is 230 Å². The fourth-order valence-electron chi connectivity index (χ4n) is 4.92. The van der Waals surface area contributed by atoms with Crippen molar-refractivity contribution < 1.29 is 4.79 Å². The Morgan fingerprint density at radius 2 is 1.90 bits per heavy atom. The first-order valence-electron chi connectivity index (χ1n) is 13.4. The minimum atomic E-state index is -0.241. The summed E-state index contributed by atoms with van der Waals surface area (Å²) in [6.07, 6.45) is 7.08. The molecule has 39 heavy (non-hydrogen) atoms. The monoisotopic (exact) mass is 526 g/mol. The van der Waals surface area contributed by atoms with Gasteiger partial charge in [0.2, 0.25) is 0 Å². The van der Waals surface area contributed by atoms with E-state index in [1.807, 2.05) is 50.6 Å². The van der Waals surface area contributed by atoms with E-state index in [2.05, 4.69) is 55.7 Å². The lowest BCUT2D eigenvalue weighted by molar-refractivity contribution is 0.0964. The normalized spacial score (nSPS) is 12.6. The summed E-state index contributed by atoms with van der Waals surface area (Å²) in [4.78, 5) is 32.9. The Bertz CT molecular complexity index is 1410. The summed E-state index contributed by atoms with van der Waals surface area (Å²) >= 11 is 0. The van der Waals surface area contributed by atoms with Crippen molar-refractivity contribution in [2.24, 2.45) is 0 Å². The quantitative estimate of drug-likeness (QED) is 0.251. The second-order valence-electron chi connectivity index (χ2n) is 10.0. The molecule has 4 rings (SSSR count).